The van der Waals surface area contributed by atoms with Gasteiger partial charge in [-0.05, 0) is 31.4 Å². The van der Waals surface area contributed by atoms with E-state index in [9.17, 15) is 14.9 Å². The Labute approximate surface area is 108 Å². The third-order valence-corrected chi connectivity index (χ3v) is 3.51. The molecule has 0 aliphatic heterocycles. The number of anilines is 1. The molecule has 0 bridgehead atoms. The maximum absolute atomic E-state index is 11.1. The van der Waals surface area contributed by atoms with Crippen molar-refractivity contribution in [1.82, 2.24) is 0 Å². The highest BCUT2D eigenvalue weighted by Gasteiger charge is 2.51. The van der Waals surface area contributed by atoms with Crippen molar-refractivity contribution in [3.05, 3.63) is 32.8 Å². The number of nitro benzene ring substituents is 1. The molecule has 1 aliphatic rings. The lowest BCUT2D eigenvalue weighted by Crippen LogP contribution is -2.32. The summed E-state index contributed by atoms with van der Waals surface area (Å²) < 4.78 is 0. The largest absolute Gasteiger partial charge is 0.480 e. The molecule has 96 valence electrons. The van der Waals surface area contributed by atoms with Gasteiger partial charge in [0.1, 0.15) is 11.2 Å². The fourth-order valence-electron chi connectivity index (χ4n) is 1.74. The smallest absolute Gasteiger partial charge is 0.329 e. The standard InChI is InChI=1S/C11H11ClN2O4/c1-6-7(12)2-3-8(14(17)18)9(6)13-11(4-5-11)10(15)16/h2-3,13H,4-5H2,1H3,(H,15,16). The van der Waals surface area contributed by atoms with Crippen LogP contribution in [0.15, 0.2) is 12.1 Å². The summed E-state index contributed by atoms with van der Waals surface area (Å²) in [6.45, 7) is 1.62. The molecule has 2 N–H and O–H groups in total. The number of halogens is 1. The Kier molecular flexibility index (Phi) is 2.90. The number of aliphatic carboxylic acids is 1. The van der Waals surface area contributed by atoms with Crippen LogP contribution >= 0.6 is 11.6 Å². The van der Waals surface area contributed by atoms with Gasteiger partial charge in [0.05, 0.1) is 4.92 Å². The molecule has 1 aromatic rings. The maximum Gasteiger partial charge on any atom is 0.329 e. The van der Waals surface area contributed by atoms with Gasteiger partial charge in [0.15, 0.2) is 0 Å². The molecule has 6 nitrogen and oxygen atoms in total. The predicted octanol–water partition coefficient (Wildman–Crippen LogP) is 2.59. The van der Waals surface area contributed by atoms with Crippen molar-refractivity contribution in [3.63, 3.8) is 0 Å². The zero-order valence-corrected chi connectivity index (χ0v) is 10.3. The molecular weight excluding hydrogens is 260 g/mol. The topological polar surface area (TPSA) is 92.5 Å². The van der Waals surface area contributed by atoms with E-state index in [2.05, 4.69) is 5.32 Å². The summed E-state index contributed by atoms with van der Waals surface area (Å²) in [5.74, 6) is -1.00. The number of carboxylic acid groups (broad SMARTS) is 1. The van der Waals surface area contributed by atoms with Crippen LogP contribution in [-0.2, 0) is 4.79 Å². The van der Waals surface area contributed by atoms with Crippen molar-refractivity contribution < 1.29 is 14.8 Å². The van der Waals surface area contributed by atoms with Crippen LogP contribution in [0.25, 0.3) is 0 Å². The number of carboxylic acids is 1. The van der Waals surface area contributed by atoms with E-state index in [0.29, 0.717) is 23.4 Å². The Bertz CT molecular complexity index is 540. The second-order valence-corrected chi connectivity index (χ2v) is 4.74. The number of hydrogen-bond donors (Lipinski definition) is 2. The van der Waals surface area contributed by atoms with Gasteiger partial charge >= 0.3 is 5.97 Å². The number of carbonyl (C=O) groups is 1. The number of nitro groups is 1. The van der Waals surface area contributed by atoms with Gasteiger partial charge in [-0.15, -0.1) is 0 Å². The Morgan fingerprint density at radius 3 is 2.61 bits per heavy atom. The van der Waals surface area contributed by atoms with E-state index in [4.69, 9.17) is 16.7 Å². The van der Waals surface area contributed by atoms with E-state index in [1.54, 1.807) is 6.92 Å². The average Bonchev–Trinajstić information content (AvgIpc) is 3.05. The molecule has 1 saturated carbocycles. The minimum atomic E-state index is -1.08. The van der Waals surface area contributed by atoms with Gasteiger partial charge in [-0.3, -0.25) is 10.1 Å². The first-order chi connectivity index (χ1) is 8.37. The molecule has 18 heavy (non-hydrogen) atoms. The highest BCUT2D eigenvalue weighted by Crippen LogP contribution is 2.43. The Hall–Kier alpha value is -1.82. The predicted molar refractivity (Wildman–Crippen MR) is 66.1 cm³/mol. The summed E-state index contributed by atoms with van der Waals surface area (Å²) >= 11 is 5.91. The molecule has 0 saturated heterocycles. The fourth-order valence-corrected chi connectivity index (χ4v) is 1.90. The Morgan fingerprint density at radius 2 is 2.17 bits per heavy atom. The van der Waals surface area contributed by atoms with Gasteiger partial charge in [0.2, 0.25) is 0 Å². The van der Waals surface area contributed by atoms with Crippen molar-refractivity contribution in [3.8, 4) is 0 Å². The van der Waals surface area contributed by atoms with E-state index < -0.39 is 16.4 Å². The number of nitrogens with zero attached hydrogens (tertiary/aromatic N) is 1. The van der Waals surface area contributed by atoms with E-state index in [1.165, 1.54) is 12.1 Å². The summed E-state index contributed by atoms with van der Waals surface area (Å²) in [5.41, 5.74) is -0.574. The number of hydrogen-bond acceptors (Lipinski definition) is 4. The normalized spacial score (nSPS) is 16.1. The molecule has 0 aromatic heterocycles. The van der Waals surface area contributed by atoms with Crippen LogP contribution < -0.4 is 5.32 Å². The van der Waals surface area contributed by atoms with Crippen molar-refractivity contribution >= 4 is 28.9 Å². The summed E-state index contributed by atoms with van der Waals surface area (Å²) in [6, 6.07) is 2.70. The molecule has 1 fully saturated rings. The van der Waals surface area contributed by atoms with E-state index in [-0.39, 0.29) is 11.4 Å². The van der Waals surface area contributed by atoms with Gasteiger partial charge < -0.3 is 10.4 Å². The van der Waals surface area contributed by atoms with Crippen LogP contribution in [0.5, 0.6) is 0 Å². The van der Waals surface area contributed by atoms with E-state index in [1.807, 2.05) is 0 Å². The van der Waals surface area contributed by atoms with Crippen LogP contribution in [0.1, 0.15) is 18.4 Å². The number of rotatable bonds is 4. The minimum absolute atomic E-state index is 0.163. The van der Waals surface area contributed by atoms with Crippen molar-refractivity contribution in [2.45, 2.75) is 25.3 Å². The van der Waals surface area contributed by atoms with Crippen LogP contribution in [-0.4, -0.2) is 21.5 Å². The van der Waals surface area contributed by atoms with E-state index >= 15 is 0 Å². The summed E-state index contributed by atoms with van der Waals surface area (Å²) in [5, 5.41) is 23.2. The SMILES string of the molecule is Cc1c(Cl)ccc([N+](=O)[O-])c1NC1(C(=O)O)CC1. The molecule has 0 heterocycles. The molecule has 1 aromatic carbocycles. The maximum atomic E-state index is 11.1. The molecule has 2 rings (SSSR count). The second kappa shape index (κ2) is 4.13. The molecule has 7 heteroatoms. The molecule has 0 amide bonds. The summed E-state index contributed by atoms with van der Waals surface area (Å²) in [4.78, 5) is 21.5. The monoisotopic (exact) mass is 270 g/mol. The van der Waals surface area contributed by atoms with Crippen LogP contribution in [0, 0.1) is 17.0 Å². The zero-order chi connectivity index (χ0) is 13.5. The van der Waals surface area contributed by atoms with E-state index in [0.717, 1.165) is 0 Å². The zero-order valence-electron chi connectivity index (χ0n) is 9.57. The molecule has 1 aliphatic carbocycles. The van der Waals surface area contributed by atoms with Gasteiger partial charge in [0.25, 0.3) is 5.69 Å². The Morgan fingerprint density at radius 1 is 1.56 bits per heavy atom. The van der Waals surface area contributed by atoms with Gasteiger partial charge in [-0.25, -0.2) is 4.79 Å². The third kappa shape index (κ3) is 1.99. The molecule has 0 atom stereocenters. The van der Waals surface area contributed by atoms with Crippen LogP contribution in [0.3, 0.4) is 0 Å². The summed E-state index contributed by atoms with van der Waals surface area (Å²) in [7, 11) is 0. The molecular formula is C11H11ClN2O4. The lowest BCUT2D eigenvalue weighted by molar-refractivity contribution is -0.384. The van der Waals surface area contributed by atoms with Gasteiger partial charge in [0, 0.05) is 11.1 Å². The highest BCUT2D eigenvalue weighted by atomic mass is 35.5. The Balaban J connectivity index is 2.46. The third-order valence-electron chi connectivity index (χ3n) is 3.10. The minimum Gasteiger partial charge on any atom is -0.480 e. The second-order valence-electron chi connectivity index (χ2n) is 4.34. The highest BCUT2D eigenvalue weighted by molar-refractivity contribution is 6.31. The van der Waals surface area contributed by atoms with Gasteiger partial charge in [-0.1, -0.05) is 11.6 Å². The lowest BCUT2D eigenvalue weighted by Gasteiger charge is -2.16. The quantitative estimate of drug-likeness (QED) is 0.648. The number of benzene rings is 1. The molecule has 0 unspecified atom stereocenters. The number of nitrogens with one attached hydrogen (secondary N) is 1. The van der Waals surface area contributed by atoms with Crippen molar-refractivity contribution in [1.29, 1.82) is 0 Å². The molecule has 0 radical (unpaired) electrons. The first-order valence-corrected chi connectivity index (χ1v) is 5.70. The van der Waals surface area contributed by atoms with Crippen LogP contribution in [0.2, 0.25) is 5.02 Å². The van der Waals surface area contributed by atoms with Gasteiger partial charge in [-0.2, -0.15) is 0 Å². The lowest BCUT2D eigenvalue weighted by atomic mass is 10.1. The first-order valence-electron chi connectivity index (χ1n) is 5.32. The van der Waals surface area contributed by atoms with Crippen molar-refractivity contribution in [2.24, 2.45) is 0 Å². The average molecular weight is 271 g/mol. The first kappa shape index (κ1) is 12.6. The fraction of sp³-hybridized carbons (Fsp3) is 0.364. The van der Waals surface area contributed by atoms with Crippen molar-refractivity contribution in [2.75, 3.05) is 5.32 Å². The summed E-state index contributed by atoms with van der Waals surface area (Å²) in [6.07, 6.45) is 0.900. The van der Waals surface area contributed by atoms with Crippen LogP contribution in [0.4, 0.5) is 11.4 Å². The molecule has 0 spiro atoms.